The minimum Gasteiger partial charge on any atom is -0.398 e. The van der Waals surface area contributed by atoms with Gasteiger partial charge < -0.3 is 15.5 Å². The maximum Gasteiger partial charge on any atom is 0.255 e. The predicted molar refractivity (Wildman–Crippen MR) is 68.8 cm³/mol. The summed E-state index contributed by atoms with van der Waals surface area (Å²) in [6.07, 6.45) is 1.03. The largest absolute Gasteiger partial charge is 0.398 e. The van der Waals surface area contributed by atoms with Crippen LogP contribution >= 0.6 is 0 Å². The van der Waals surface area contributed by atoms with Crippen molar-refractivity contribution in [3.63, 3.8) is 0 Å². The zero-order valence-electron chi connectivity index (χ0n) is 10.4. The Morgan fingerprint density at radius 1 is 1.47 bits per heavy atom. The molecule has 1 atom stereocenters. The Hall–Kier alpha value is -1.55. The van der Waals surface area contributed by atoms with Gasteiger partial charge in [-0.1, -0.05) is 12.1 Å². The molecule has 0 aromatic heterocycles. The molecular formula is C13H19N3O. The van der Waals surface area contributed by atoms with Gasteiger partial charge in [-0.2, -0.15) is 0 Å². The number of nitrogens with zero attached hydrogens (tertiary/aromatic N) is 2. The summed E-state index contributed by atoms with van der Waals surface area (Å²) in [7, 11) is 3.94. The van der Waals surface area contributed by atoms with Crippen molar-refractivity contribution >= 4 is 11.6 Å². The lowest BCUT2D eigenvalue weighted by molar-refractivity contribution is 0.0738. The number of hydrogen-bond donors (Lipinski definition) is 1. The average Bonchev–Trinajstić information content (AvgIpc) is 2.75. The van der Waals surface area contributed by atoms with Crippen LogP contribution in [0.3, 0.4) is 0 Å². The lowest BCUT2D eigenvalue weighted by Crippen LogP contribution is -2.38. The van der Waals surface area contributed by atoms with Gasteiger partial charge in [0.15, 0.2) is 0 Å². The highest BCUT2D eigenvalue weighted by Crippen LogP contribution is 2.18. The van der Waals surface area contributed by atoms with Crippen LogP contribution in [0, 0.1) is 0 Å². The van der Waals surface area contributed by atoms with E-state index in [2.05, 4.69) is 11.9 Å². The van der Waals surface area contributed by atoms with Gasteiger partial charge in [0.05, 0.1) is 5.56 Å². The molecule has 92 valence electrons. The molecular weight excluding hydrogens is 214 g/mol. The first-order valence-electron chi connectivity index (χ1n) is 5.90. The second-order valence-corrected chi connectivity index (χ2v) is 4.71. The zero-order chi connectivity index (χ0) is 12.4. The van der Waals surface area contributed by atoms with E-state index in [4.69, 9.17) is 5.73 Å². The minimum atomic E-state index is 0.0170. The van der Waals surface area contributed by atoms with Crippen LogP contribution in [0.15, 0.2) is 24.3 Å². The van der Waals surface area contributed by atoms with Gasteiger partial charge in [0.1, 0.15) is 0 Å². The number of benzene rings is 1. The molecule has 1 aliphatic rings. The Morgan fingerprint density at radius 2 is 2.18 bits per heavy atom. The number of hydrogen-bond acceptors (Lipinski definition) is 3. The number of likely N-dealkylation sites (tertiary alicyclic amines) is 1. The second kappa shape index (κ2) is 4.75. The molecule has 1 aromatic rings. The molecule has 0 aliphatic carbocycles. The van der Waals surface area contributed by atoms with Gasteiger partial charge >= 0.3 is 0 Å². The molecule has 1 heterocycles. The lowest BCUT2D eigenvalue weighted by Gasteiger charge is -2.25. The lowest BCUT2D eigenvalue weighted by atomic mass is 10.1. The summed E-state index contributed by atoms with van der Waals surface area (Å²) in [6.45, 7) is 1.99. The monoisotopic (exact) mass is 233 g/mol. The molecule has 1 fully saturated rings. The highest BCUT2D eigenvalue weighted by atomic mass is 16.2. The van der Waals surface area contributed by atoms with Crippen LogP contribution in [0.4, 0.5) is 5.69 Å². The number of likely N-dealkylation sites (N-methyl/N-ethyl adjacent to an activating group) is 2. The van der Waals surface area contributed by atoms with Crippen LogP contribution < -0.4 is 5.73 Å². The third-order valence-corrected chi connectivity index (χ3v) is 3.43. The Bertz CT molecular complexity index is 419. The number of para-hydroxylation sites is 1. The van der Waals surface area contributed by atoms with Crippen LogP contribution in [0.25, 0.3) is 0 Å². The van der Waals surface area contributed by atoms with E-state index in [1.54, 1.807) is 12.1 Å². The van der Waals surface area contributed by atoms with E-state index in [1.165, 1.54) is 0 Å². The van der Waals surface area contributed by atoms with Gasteiger partial charge in [-0.25, -0.2) is 0 Å². The predicted octanol–water partition coefficient (Wildman–Crippen LogP) is 1.04. The van der Waals surface area contributed by atoms with Gasteiger partial charge in [-0.3, -0.25) is 4.79 Å². The van der Waals surface area contributed by atoms with Crippen molar-refractivity contribution < 1.29 is 4.79 Å². The van der Waals surface area contributed by atoms with E-state index >= 15 is 0 Å². The number of rotatable bonds is 2. The molecule has 17 heavy (non-hydrogen) atoms. The fourth-order valence-electron chi connectivity index (χ4n) is 2.28. The molecule has 1 aliphatic heterocycles. The highest BCUT2D eigenvalue weighted by Gasteiger charge is 2.27. The van der Waals surface area contributed by atoms with E-state index < -0.39 is 0 Å². The van der Waals surface area contributed by atoms with Gasteiger partial charge in [-0.05, 0) is 32.1 Å². The number of nitrogens with two attached hydrogens (primary N) is 1. The molecule has 0 spiro atoms. The van der Waals surface area contributed by atoms with Crippen LogP contribution in [-0.4, -0.2) is 48.9 Å². The van der Waals surface area contributed by atoms with E-state index in [1.807, 2.05) is 24.1 Å². The molecule has 0 saturated carbocycles. The molecule has 0 bridgehead atoms. The maximum absolute atomic E-state index is 12.3. The normalized spacial score (nSPS) is 20.5. The topological polar surface area (TPSA) is 49.6 Å². The Labute approximate surface area is 102 Å². The smallest absolute Gasteiger partial charge is 0.255 e. The summed E-state index contributed by atoms with van der Waals surface area (Å²) in [5, 5.41) is 0. The number of carbonyl (C=O) groups excluding carboxylic acids is 1. The Morgan fingerprint density at radius 3 is 2.76 bits per heavy atom. The summed E-state index contributed by atoms with van der Waals surface area (Å²) >= 11 is 0. The van der Waals surface area contributed by atoms with E-state index in [-0.39, 0.29) is 5.91 Å². The number of nitrogen functional groups attached to an aromatic ring is 1. The molecule has 4 heteroatoms. The first-order chi connectivity index (χ1) is 8.09. The Balaban J connectivity index is 2.12. The average molecular weight is 233 g/mol. The second-order valence-electron chi connectivity index (χ2n) is 4.71. The van der Waals surface area contributed by atoms with E-state index in [0.29, 0.717) is 17.3 Å². The van der Waals surface area contributed by atoms with Gasteiger partial charge in [0.25, 0.3) is 5.91 Å². The molecule has 1 aromatic carbocycles. The SMILES string of the molecule is CN1CCC(N(C)C(=O)c2ccccc2N)C1. The molecule has 2 rings (SSSR count). The quantitative estimate of drug-likeness (QED) is 0.777. The first kappa shape index (κ1) is 11.9. The first-order valence-corrected chi connectivity index (χ1v) is 5.90. The zero-order valence-corrected chi connectivity index (χ0v) is 10.4. The maximum atomic E-state index is 12.3. The standard InChI is InChI=1S/C13H19N3O/c1-15-8-7-10(9-15)16(2)13(17)11-5-3-4-6-12(11)14/h3-6,10H,7-9,14H2,1-2H3. The third kappa shape index (κ3) is 2.42. The summed E-state index contributed by atoms with van der Waals surface area (Å²) in [4.78, 5) is 16.3. The van der Waals surface area contributed by atoms with Gasteiger partial charge in [-0.15, -0.1) is 0 Å². The van der Waals surface area contributed by atoms with Crippen LogP contribution in [0.5, 0.6) is 0 Å². The third-order valence-electron chi connectivity index (χ3n) is 3.43. The molecule has 0 radical (unpaired) electrons. The van der Waals surface area contributed by atoms with Crippen molar-refractivity contribution in [1.82, 2.24) is 9.80 Å². The molecule has 1 amide bonds. The van der Waals surface area contributed by atoms with E-state index in [0.717, 1.165) is 19.5 Å². The summed E-state index contributed by atoms with van der Waals surface area (Å²) in [5.41, 5.74) is 6.98. The van der Waals surface area contributed by atoms with Crippen LogP contribution in [-0.2, 0) is 0 Å². The molecule has 2 N–H and O–H groups in total. The Kier molecular flexibility index (Phi) is 3.33. The molecule has 4 nitrogen and oxygen atoms in total. The minimum absolute atomic E-state index is 0.0170. The number of anilines is 1. The fourth-order valence-corrected chi connectivity index (χ4v) is 2.28. The van der Waals surface area contributed by atoms with E-state index in [9.17, 15) is 4.79 Å². The van der Waals surface area contributed by atoms with Gasteiger partial charge in [0, 0.05) is 25.3 Å². The van der Waals surface area contributed by atoms with Crippen molar-refractivity contribution in [3.05, 3.63) is 29.8 Å². The van der Waals surface area contributed by atoms with Crippen molar-refractivity contribution in [2.24, 2.45) is 0 Å². The highest BCUT2D eigenvalue weighted by molar-refractivity contribution is 5.99. The van der Waals surface area contributed by atoms with Crippen molar-refractivity contribution in [2.45, 2.75) is 12.5 Å². The van der Waals surface area contributed by atoms with Crippen molar-refractivity contribution in [3.8, 4) is 0 Å². The number of amides is 1. The fraction of sp³-hybridized carbons (Fsp3) is 0.462. The summed E-state index contributed by atoms with van der Waals surface area (Å²) in [5.74, 6) is 0.0170. The van der Waals surface area contributed by atoms with Crippen LogP contribution in [0.1, 0.15) is 16.8 Å². The number of carbonyl (C=O) groups is 1. The van der Waals surface area contributed by atoms with Crippen molar-refractivity contribution in [2.75, 3.05) is 32.9 Å². The summed E-state index contributed by atoms with van der Waals surface area (Å²) in [6, 6.07) is 7.54. The van der Waals surface area contributed by atoms with Crippen molar-refractivity contribution in [1.29, 1.82) is 0 Å². The molecule has 1 unspecified atom stereocenters. The summed E-state index contributed by atoms with van der Waals surface area (Å²) < 4.78 is 0. The van der Waals surface area contributed by atoms with Gasteiger partial charge in [0.2, 0.25) is 0 Å². The molecule has 1 saturated heterocycles. The van der Waals surface area contributed by atoms with Crippen LogP contribution in [0.2, 0.25) is 0 Å².